The molecule has 0 bridgehead atoms. The predicted octanol–water partition coefficient (Wildman–Crippen LogP) is 3.55. The monoisotopic (exact) mass is 251 g/mol. The maximum atomic E-state index is 5.87. The zero-order chi connectivity index (χ0) is 12.8. The minimum absolute atomic E-state index is 0.456. The molecule has 0 radical (unpaired) electrons. The molecule has 3 heteroatoms. The first kappa shape index (κ1) is 13.6. The van der Waals surface area contributed by atoms with Gasteiger partial charge in [-0.15, -0.1) is 0 Å². The van der Waals surface area contributed by atoms with E-state index in [1.807, 2.05) is 6.92 Å². The van der Waals surface area contributed by atoms with Crippen LogP contribution in [0.5, 0.6) is 0 Å². The highest BCUT2D eigenvalue weighted by atomic mass is 16.5. The van der Waals surface area contributed by atoms with Gasteiger partial charge in [-0.25, -0.2) is 0 Å². The third kappa shape index (κ3) is 3.85. The summed E-state index contributed by atoms with van der Waals surface area (Å²) < 4.78 is 11.6. The SMILES string of the molecule is CCCNCc1cc(COC2CCCC2)oc1C. The van der Waals surface area contributed by atoms with Gasteiger partial charge in [-0.1, -0.05) is 19.8 Å². The molecule has 0 aromatic carbocycles. The van der Waals surface area contributed by atoms with Crippen molar-refractivity contribution in [3.05, 3.63) is 23.2 Å². The average Bonchev–Trinajstić information content (AvgIpc) is 2.97. The van der Waals surface area contributed by atoms with E-state index < -0.39 is 0 Å². The van der Waals surface area contributed by atoms with E-state index >= 15 is 0 Å². The first-order valence-electron chi connectivity index (χ1n) is 7.20. The Bertz CT molecular complexity index is 353. The molecule has 18 heavy (non-hydrogen) atoms. The van der Waals surface area contributed by atoms with Gasteiger partial charge in [-0.05, 0) is 38.8 Å². The smallest absolute Gasteiger partial charge is 0.130 e. The van der Waals surface area contributed by atoms with Crippen LogP contribution in [0.25, 0.3) is 0 Å². The van der Waals surface area contributed by atoms with Crippen molar-refractivity contribution in [2.45, 2.75) is 65.2 Å². The normalized spacial score (nSPS) is 16.6. The van der Waals surface area contributed by atoms with E-state index in [4.69, 9.17) is 9.15 Å². The summed E-state index contributed by atoms with van der Waals surface area (Å²) in [4.78, 5) is 0. The predicted molar refractivity (Wildman–Crippen MR) is 72.5 cm³/mol. The Balaban J connectivity index is 1.79. The minimum Gasteiger partial charge on any atom is -0.464 e. The molecular weight excluding hydrogens is 226 g/mol. The number of furan rings is 1. The fraction of sp³-hybridized carbons (Fsp3) is 0.733. The van der Waals surface area contributed by atoms with Crippen LogP contribution in [0.3, 0.4) is 0 Å². The Kier molecular flexibility index (Phi) is 5.26. The van der Waals surface area contributed by atoms with Crippen LogP contribution < -0.4 is 5.32 Å². The van der Waals surface area contributed by atoms with Crippen molar-refractivity contribution < 1.29 is 9.15 Å². The van der Waals surface area contributed by atoms with Crippen molar-refractivity contribution in [3.63, 3.8) is 0 Å². The standard InChI is InChI=1S/C15H25NO2/c1-3-8-16-10-13-9-15(18-12(13)2)11-17-14-6-4-5-7-14/h9,14,16H,3-8,10-11H2,1-2H3. The molecule has 1 N–H and O–H groups in total. The molecule has 0 amide bonds. The lowest BCUT2D eigenvalue weighted by molar-refractivity contribution is 0.0354. The lowest BCUT2D eigenvalue weighted by Crippen LogP contribution is -2.13. The molecule has 1 fully saturated rings. The van der Waals surface area contributed by atoms with Gasteiger partial charge in [0.05, 0.1) is 6.10 Å². The van der Waals surface area contributed by atoms with Gasteiger partial charge in [0.25, 0.3) is 0 Å². The fourth-order valence-corrected chi connectivity index (χ4v) is 2.49. The second-order valence-electron chi connectivity index (χ2n) is 5.19. The van der Waals surface area contributed by atoms with Gasteiger partial charge < -0.3 is 14.5 Å². The Morgan fingerprint density at radius 1 is 1.39 bits per heavy atom. The minimum atomic E-state index is 0.456. The van der Waals surface area contributed by atoms with Crippen molar-refractivity contribution in [3.8, 4) is 0 Å². The molecule has 0 aliphatic heterocycles. The van der Waals surface area contributed by atoms with Crippen LogP contribution in [0.4, 0.5) is 0 Å². The summed E-state index contributed by atoms with van der Waals surface area (Å²) in [5.41, 5.74) is 1.26. The zero-order valence-electron chi connectivity index (χ0n) is 11.6. The van der Waals surface area contributed by atoms with Crippen LogP contribution in [0.2, 0.25) is 0 Å². The Hall–Kier alpha value is -0.800. The van der Waals surface area contributed by atoms with E-state index in [-0.39, 0.29) is 0 Å². The molecule has 1 heterocycles. The van der Waals surface area contributed by atoms with E-state index in [2.05, 4.69) is 18.3 Å². The van der Waals surface area contributed by atoms with E-state index in [0.717, 1.165) is 31.0 Å². The lowest BCUT2D eigenvalue weighted by atomic mass is 10.2. The van der Waals surface area contributed by atoms with Gasteiger partial charge in [-0.3, -0.25) is 0 Å². The molecule has 0 saturated heterocycles. The fourth-order valence-electron chi connectivity index (χ4n) is 2.49. The van der Waals surface area contributed by atoms with Crippen LogP contribution in [-0.2, 0) is 17.9 Å². The highest BCUT2D eigenvalue weighted by Crippen LogP contribution is 2.23. The Morgan fingerprint density at radius 3 is 2.89 bits per heavy atom. The van der Waals surface area contributed by atoms with E-state index in [1.165, 1.54) is 31.2 Å². The van der Waals surface area contributed by atoms with Crippen molar-refractivity contribution >= 4 is 0 Å². The number of rotatable bonds is 7. The molecule has 0 spiro atoms. The highest BCUT2D eigenvalue weighted by molar-refractivity contribution is 5.20. The van der Waals surface area contributed by atoms with Crippen molar-refractivity contribution in [2.24, 2.45) is 0 Å². The topological polar surface area (TPSA) is 34.4 Å². The Morgan fingerprint density at radius 2 is 2.17 bits per heavy atom. The molecule has 102 valence electrons. The largest absolute Gasteiger partial charge is 0.464 e. The van der Waals surface area contributed by atoms with Crippen molar-refractivity contribution in [1.29, 1.82) is 0 Å². The molecule has 0 atom stereocenters. The van der Waals surface area contributed by atoms with Gasteiger partial charge >= 0.3 is 0 Å². The number of hydrogen-bond acceptors (Lipinski definition) is 3. The quantitative estimate of drug-likeness (QED) is 0.753. The third-order valence-corrected chi connectivity index (χ3v) is 3.58. The van der Waals surface area contributed by atoms with Crippen LogP contribution in [0.15, 0.2) is 10.5 Å². The van der Waals surface area contributed by atoms with Gasteiger partial charge in [0.15, 0.2) is 0 Å². The third-order valence-electron chi connectivity index (χ3n) is 3.58. The lowest BCUT2D eigenvalue weighted by Gasteiger charge is -2.08. The summed E-state index contributed by atoms with van der Waals surface area (Å²) in [6.45, 7) is 6.78. The Labute approximate surface area is 110 Å². The number of aryl methyl sites for hydroxylation is 1. The van der Waals surface area contributed by atoms with Crippen LogP contribution in [-0.4, -0.2) is 12.6 Å². The molecule has 1 aromatic rings. The van der Waals surface area contributed by atoms with E-state index in [1.54, 1.807) is 0 Å². The zero-order valence-corrected chi connectivity index (χ0v) is 11.6. The number of hydrogen-bond donors (Lipinski definition) is 1. The summed E-state index contributed by atoms with van der Waals surface area (Å²) in [6.07, 6.45) is 6.67. The van der Waals surface area contributed by atoms with Gasteiger partial charge in [0.1, 0.15) is 18.1 Å². The number of nitrogens with one attached hydrogen (secondary N) is 1. The summed E-state index contributed by atoms with van der Waals surface area (Å²) in [7, 11) is 0. The second kappa shape index (κ2) is 6.95. The summed E-state index contributed by atoms with van der Waals surface area (Å²) in [6, 6.07) is 2.13. The maximum absolute atomic E-state index is 5.87. The van der Waals surface area contributed by atoms with E-state index in [9.17, 15) is 0 Å². The van der Waals surface area contributed by atoms with Gasteiger partial charge in [0.2, 0.25) is 0 Å². The van der Waals surface area contributed by atoms with Crippen molar-refractivity contribution in [2.75, 3.05) is 6.54 Å². The van der Waals surface area contributed by atoms with Gasteiger partial charge in [0, 0.05) is 12.1 Å². The molecule has 1 aliphatic carbocycles. The summed E-state index contributed by atoms with van der Waals surface area (Å²) >= 11 is 0. The summed E-state index contributed by atoms with van der Waals surface area (Å²) in [5.74, 6) is 1.98. The highest BCUT2D eigenvalue weighted by Gasteiger charge is 2.16. The molecule has 1 aliphatic rings. The summed E-state index contributed by atoms with van der Waals surface area (Å²) in [5, 5.41) is 3.40. The van der Waals surface area contributed by atoms with Crippen LogP contribution in [0.1, 0.15) is 56.1 Å². The first-order chi connectivity index (χ1) is 8.79. The molecule has 2 rings (SSSR count). The molecule has 0 unspecified atom stereocenters. The van der Waals surface area contributed by atoms with Crippen LogP contribution in [0, 0.1) is 6.92 Å². The molecule has 1 aromatic heterocycles. The maximum Gasteiger partial charge on any atom is 0.130 e. The van der Waals surface area contributed by atoms with E-state index in [0.29, 0.717) is 12.7 Å². The number of ether oxygens (including phenoxy) is 1. The molecule has 1 saturated carbocycles. The van der Waals surface area contributed by atoms with Crippen molar-refractivity contribution in [1.82, 2.24) is 5.32 Å². The van der Waals surface area contributed by atoms with Gasteiger partial charge in [-0.2, -0.15) is 0 Å². The molecule has 3 nitrogen and oxygen atoms in total. The second-order valence-corrected chi connectivity index (χ2v) is 5.19. The average molecular weight is 251 g/mol. The van der Waals surface area contributed by atoms with Crippen LogP contribution >= 0.6 is 0 Å². The molecular formula is C15H25NO2. The first-order valence-corrected chi connectivity index (χ1v) is 7.20.